The highest BCUT2D eigenvalue weighted by Crippen LogP contribution is 2.30. The number of carbonyl (C=O) groups excluding carboxylic acids is 3. The number of hydrogen-bond acceptors (Lipinski definition) is 7. The number of carboxylic acid groups (broad SMARTS) is 1. The van der Waals surface area contributed by atoms with Crippen molar-refractivity contribution in [1.29, 1.82) is 0 Å². The van der Waals surface area contributed by atoms with Crippen LogP contribution in [0.1, 0.15) is 40.2 Å². The Morgan fingerprint density at radius 1 is 1.13 bits per heavy atom. The molecule has 12 nitrogen and oxygen atoms in total. The van der Waals surface area contributed by atoms with Crippen molar-refractivity contribution in [3.8, 4) is 17.0 Å². The molecule has 3 heterocycles. The third-order valence-corrected chi connectivity index (χ3v) is 8.01. The molecule has 2 saturated heterocycles. The smallest absolute Gasteiger partial charge is 0.291 e. The summed E-state index contributed by atoms with van der Waals surface area (Å²) in [6.07, 6.45) is 3.84. The Morgan fingerprint density at radius 3 is 2.44 bits per heavy atom. The van der Waals surface area contributed by atoms with E-state index in [1.54, 1.807) is 15.9 Å². The molecule has 1 atom stereocenters. The van der Waals surface area contributed by atoms with E-state index in [2.05, 4.69) is 15.6 Å². The highest BCUT2D eigenvalue weighted by Gasteiger charge is 2.28. The van der Waals surface area contributed by atoms with Gasteiger partial charge in [0, 0.05) is 56.9 Å². The summed E-state index contributed by atoms with van der Waals surface area (Å²) in [5.41, 5.74) is 0.712. The summed E-state index contributed by atoms with van der Waals surface area (Å²) in [6, 6.07) is 7.41. The number of imidazole rings is 1. The molecule has 15 heteroatoms. The van der Waals surface area contributed by atoms with Gasteiger partial charge in [-0.3, -0.25) is 19.2 Å². The maximum absolute atomic E-state index is 14.6. The second kappa shape index (κ2) is 14.9. The zero-order valence-corrected chi connectivity index (χ0v) is 25.4. The van der Waals surface area contributed by atoms with Crippen molar-refractivity contribution in [2.75, 3.05) is 45.2 Å². The van der Waals surface area contributed by atoms with Gasteiger partial charge in [-0.2, -0.15) is 4.39 Å². The molecule has 3 amide bonds. The molecule has 0 unspecified atom stereocenters. The Morgan fingerprint density at radius 2 is 1.82 bits per heavy atom. The van der Waals surface area contributed by atoms with E-state index in [0.29, 0.717) is 38.3 Å². The Kier molecular flexibility index (Phi) is 11.1. The monoisotopic (exact) mass is 646 g/mol. The van der Waals surface area contributed by atoms with Gasteiger partial charge in [-0.25, -0.2) is 9.37 Å². The SMILES string of the molecule is COc1ccc(-c2cnc(C(=O)Nc3ccc(C(=O)N4CCN(C(=O)C[C@H]5CCCN5)CC4)c(Cl)c3)n2C)c(F)c1F.O=CO. The topological polar surface area (TPSA) is 146 Å². The van der Waals surface area contributed by atoms with Gasteiger partial charge in [-0.05, 0) is 49.7 Å². The second-order valence-corrected chi connectivity index (χ2v) is 10.8. The largest absolute Gasteiger partial charge is 0.494 e. The molecule has 5 rings (SSSR count). The predicted molar refractivity (Wildman–Crippen MR) is 161 cm³/mol. The fraction of sp³-hybridized carbons (Fsp3) is 0.367. The van der Waals surface area contributed by atoms with Gasteiger partial charge in [0.05, 0.1) is 29.6 Å². The summed E-state index contributed by atoms with van der Waals surface area (Å²) in [6.45, 7) is 2.42. The number of nitrogens with one attached hydrogen (secondary N) is 2. The fourth-order valence-corrected chi connectivity index (χ4v) is 5.57. The van der Waals surface area contributed by atoms with Crippen LogP contribution in [0.4, 0.5) is 14.5 Å². The average Bonchev–Trinajstić information content (AvgIpc) is 3.68. The number of ether oxygens (including phenoxy) is 1. The first-order chi connectivity index (χ1) is 21.6. The van der Waals surface area contributed by atoms with Crippen LogP contribution in [0.25, 0.3) is 11.3 Å². The van der Waals surface area contributed by atoms with Crippen LogP contribution in [0.3, 0.4) is 0 Å². The van der Waals surface area contributed by atoms with Crippen LogP contribution in [0, 0.1) is 11.6 Å². The predicted octanol–water partition coefficient (Wildman–Crippen LogP) is 3.41. The highest BCUT2D eigenvalue weighted by atomic mass is 35.5. The number of benzene rings is 2. The van der Waals surface area contributed by atoms with Gasteiger partial charge in [0.15, 0.2) is 17.4 Å². The molecule has 2 aromatic carbocycles. The van der Waals surface area contributed by atoms with Crippen LogP contribution in [0.15, 0.2) is 36.5 Å². The van der Waals surface area contributed by atoms with Gasteiger partial charge in [0.1, 0.15) is 0 Å². The molecule has 0 spiro atoms. The Balaban J connectivity index is 0.00000148. The molecule has 3 aromatic rings. The summed E-state index contributed by atoms with van der Waals surface area (Å²) >= 11 is 6.44. The maximum Gasteiger partial charge on any atom is 0.291 e. The Bertz CT molecular complexity index is 1570. The molecule has 2 aliphatic heterocycles. The number of rotatable bonds is 7. The third kappa shape index (κ3) is 7.57. The van der Waals surface area contributed by atoms with E-state index in [-0.39, 0.29) is 57.7 Å². The molecule has 3 N–H and O–H groups in total. The standard InChI is InChI=1S/C29H31ClF2N6O4.CH2O2/c1-36-22(20-7-8-23(42-2)26(32)25(20)31)16-34-27(36)28(40)35-18-5-6-19(21(30)14-18)29(41)38-12-10-37(11-13-38)24(39)15-17-4-3-9-33-17;2-1-3/h5-8,14,16-17,33H,3-4,9-13,15H2,1-2H3,(H,35,40);1H,(H,2,3)/t17-;/m1./s1. The summed E-state index contributed by atoms with van der Waals surface area (Å²) < 4.78 is 35.0. The molecule has 0 bridgehead atoms. The molecule has 0 radical (unpaired) electrons. The quantitative estimate of drug-likeness (QED) is 0.331. The van der Waals surface area contributed by atoms with E-state index < -0.39 is 17.5 Å². The Labute approximate surface area is 262 Å². The van der Waals surface area contributed by atoms with Gasteiger partial charge >= 0.3 is 0 Å². The molecule has 0 aliphatic carbocycles. The summed E-state index contributed by atoms with van der Waals surface area (Å²) in [5.74, 6) is -3.31. The van der Waals surface area contributed by atoms with Gasteiger partial charge in [-0.1, -0.05) is 11.6 Å². The van der Waals surface area contributed by atoms with Crippen molar-refractivity contribution < 1.29 is 37.8 Å². The first kappa shape index (κ1) is 33.3. The number of amides is 3. The lowest BCUT2D eigenvalue weighted by Gasteiger charge is -2.35. The molecule has 240 valence electrons. The van der Waals surface area contributed by atoms with Crippen molar-refractivity contribution in [2.45, 2.75) is 25.3 Å². The number of hydrogen-bond donors (Lipinski definition) is 3. The zero-order valence-electron chi connectivity index (χ0n) is 24.7. The van der Waals surface area contributed by atoms with Crippen molar-refractivity contribution in [3.63, 3.8) is 0 Å². The van der Waals surface area contributed by atoms with Gasteiger partial charge in [-0.15, -0.1) is 0 Å². The number of aromatic nitrogens is 2. The highest BCUT2D eigenvalue weighted by molar-refractivity contribution is 6.34. The zero-order chi connectivity index (χ0) is 32.7. The van der Waals surface area contributed by atoms with Crippen LogP contribution in [-0.4, -0.2) is 94.5 Å². The van der Waals surface area contributed by atoms with E-state index >= 15 is 0 Å². The first-order valence-electron chi connectivity index (χ1n) is 14.1. The minimum Gasteiger partial charge on any atom is -0.494 e. The minimum absolute atomic E-state index is 0.0481. The van der Waals surface area contributed by atoms with E-state index in [4.69, 9.17) is 26.2 Å². The van der Waals surface area contributed by atoms with Crippen LogP contribution >= 0.6 is 11.6 Å². The summed E-state index contributed by atoms with van der Waals surface area (Å²) in [7, 11) is 2.74. The van der Waals surface area contributed by atoms with E-state index in [9.17, 15) is 23.2 Å². The molecular formula is C30H33ClF2N6O6. The van der Waals surface area contributed by atoms with Gasteiger partial charge in [0.2, 0.25) is 11.7 Å². The molecule has 0 saturated carbocycles. The third-order valence-electron chi connectivity index (χ3n) is 7.69. The van der Waals surface area contributed by atoms with Crippen LogP contribution in [0.5, 0.6) is 5.75 Å². The lowest BCUT2D eigenvalue weighted by Crippen LogP contribution is -2.51. The fourth-order valence-electron chi connectivity index (χ4n) is 5.31. The van der Waals surface area contributed by atoms with Gasteiger partial charge in [0.25, 0.3) is 18.3 Å². The summed E-state index contributed by atoms with van der Waals surface area (Å²) in [5, 5.41) is 13.1. The number of nitrogens with zero attached hydrogens (tertiary/aromatic N) is 4. The molecular weight excluding hydrogens is 614 g/mol. The number of anilines is 1. The van der Waals surface area contributed by atoms with Gasteiger partial charge < -0.3 is 34.8 Å². The van der Waals surface area contributed by atoms with Crippen molar-refractivity contribution >= 4 is 41.5 Å². The van der Waals surface area contributed by atoms with Crippen molar-refractivity contribution in [2.24, 2.45) is 7.05 Å². The number of methoxy groups -OCH3 is 1. The molecule has 2 fully saturated rings. The van der Waals surface area contributed by atoms with E-state index in [0.717, 1.165) is 19.4 Å². The van der Waals surface area contributed by atoms with Crippen LogP contribution in [-0.2, 0) is 16.6 Å². The maximum atomic E-state index is 14.6. The normalized spacial score (nSPS) is 16.1. The van der Waals surface area contributed by atoms with Crippen LogP contribution < -0.4 is 15.4 Å². The minimum atomic E-state index is -1.14. The number of halogens is 3. The average molecular weight is 647 g/mol. The second-order valence-electron chi connectivity index (χ2n) is 10.4. The molecule has 1 aromatic heterocycles. The van der Waals surface area contributed by atoms with E-state index in [1.807, 2.05) is 0 Å². The van der Waals surface area contributed by atoms with Crippen LogP contribution in [0.2, 0.25) is 5.02 Å². The van der Waals surface area contributed by atoms with E-state index in [1.165, 1.54) is 49.2 Å². The molecule has 2 aliphatic rings. The molecule has 45 heavy (non-hydrogen) atoms. The Hall–Kier alpha value is -4.56. The van der Waals surface area contributed by atoms with Crippen molar-refractivity contribution in [1.82, 2.24) is 24.7 Å². The lowest BCUT2D eigenvalue weighted by atomic mass is 10.1. The number of carbonyl (C=O) groups is 4. The summed E-state index contributed by atoms with van der Waals surface area (Å²) in [4.78, 5) is 54.7. The number of piperazine rings is 1. The lowest BCUT2D eigenvalue weighted by molar-refractivity contribution is -0.133. The van der Waals surface area contributed by atoms with Crippen molar-refractivity contribution in [3.05, 3.63) is 64.6 Å². The first-order valence-corrected chi connectivity index (χ1v) is 14.5.